The second kappa shape index (κ2) is 14.0. The standard InChI is InChI=1S/C61H42N2S/c1-60(2)48-27-15-14-25-44(48)45-32-30-41(36-51(45)60)53(46-26-13-12-24-43(46)38-18-6-3-7-19-38)42-31-33-47-52(37-42)61(49-28-16-34-62-56(49)57-50(61)29-17-35-63-57)55-54(47)58(39-20-8-4-9-21-39)64-59(55)40-22-10-5-11-23-40/h3-37,53H,1-2H3. The molecule has 7 aromatic carbocycles. The van der Waals surface area contributed by atoms with E-state index >= 15 is 0 Å². The van der Waals surface area contributed by atoms with Gasteiger partial charge in [-0.2, -0.15) is 0 Å². The van der Waals surface area contributed by atoms with Gasteiger partial charge in [-0.3, -0.25) is 9.97 Å². The topological polar surface area (TPSA) is 25.8 Å². The van der Waals surface area contributed by atoms with Gasteiger partial charge in [0.1, 0.15) is 0 Å². The van der Waals surface area contributed by atoms with Gasteiger partial charge in [-0.1, -0.05) is 202 Å². The lowest BCUT2D eigenvalue weighted by Crippen LogP contribution is -2.26. The molecule has 0 saturated heterocycles. The molecule has 1 spiro atoms. The molecule has 10 aromatic rings. The molecule has 0 N–H and O–H groups in total. The lowest BCUT2D eigenvalue weighted by atomic mass is 9.69. The molecule has 1 atom stereocenters. The Labute approximate surface area is 378 Å². The predicted octanol–water partition coefficient (Wildman–Crippen LogP) is 15.4. The van der Waals surface area contributed by atoms with E-state index in [1.54, 1.807) is 0 Å². The van der Waals surface area contributed by atoms with Crippen LogP contribution in [0.5, 0.6) is 0 Å². The molecule has 302 valence electrons. The van der Waals surface area contributed by atoms with E-state index in [1.165, 1.54) is 104 Å². The molecular weight excluding hydrogens is 793 g/mol. The molecule has 0 saturated carbocycles. The van der Waals surface area contributed by atoms with E-state index in [1.807, 2.05) is 23.7 Å². The second-order valence-corrected chi connectivity index (χ2v) is 19.0. The minimum atomic E-state index is -0.659. The number of fused-ring (bicyclic) bond motifs is 13. The summed E-state index contributed by atoms with van der Waals surface area (Å²) in [5.74, 6) is -0.0772. The van der Waals surface area contributed by atoms with E-state index in [2.05, 4.69) is 214 Å². The van der Waals surface area contributed by atoms with Crippen molar-refractivity contribution < 1.29 is 0 Å². The first-order valence-corrected chi connectivity index (χ1v) is 23.1. The maximum atomic E-state index is 5.14. The number of hydrogen-bond acceptors (Lipinski definition) is 3. The fourth-order valence-electron chi connectivity index (χ4n) is 11.6. The molecule has 64 heavy (non-hydrogen) atoms. The lowest BCUT2D eigenvalue weighted by Gasteiger charge is -2.32. The van der Waals surface area contributed by atoms with Crippen LogP contribution in [0, 0.1) is 0 Å². The number of aromatic nitrogens is 2. The molecule has 3 heterocycles. The van der Waals surface area contributed by atoms with E-state index in [4.69, 9.17) is 9.97 Å². The number of nitrogens with zero attached hydrogens (tertiary/aromatic N) is 2. The van der Waals surface area contributed by atoms with Gasteiger partial charge in [-0.05, 0) is 101 Å². The number of thiophene rings is 1. The molecule has 3 heteroatoms. The average Bonchev–Trinajstić information content (AvgIpc) is 4.05. The fourth-order valence-corrected chi connectivity index (χ4v) is 13.0. The van der Waals surface area contributed by atoms with Gasteiger partial charge in [0.2, 0.25) is 0 Å². The molecule has 3 aliphatic carbocycles. The molecule has 0 bridgehead atoms. The van der Waals surface area contributed by atoms with Crippen molar-refractivity contribution in [2.75, 3.05) is 0 Å². The Hall–Kier alpha value is -7.46. The van der Waals surface area contributed by atoms with Crippen LogP contribution in [0.25, 0.3) is 65.6 Å². The van der Waals surface area contributed by atoms with Crippen LogP contribution in [0.2, 0.25) is 0 Å². The third-order valence-corrected chi connectivity index (χ3v) is 15.6. The minimum Gasteiger partial charge on any atom is -0.254 e. The maximum absolute atomic E-state index is 5.14. The quantitative estimate of drug-likeness (QED) is 0.156. The highest BCUT2D eigenvalue weighted by atomic mass is 32.1. The second-order valence-electron chi connectivity index (χ2n) is 18.0. The smallest absolute Gasteiger partial charge is 0.0937 e. The Balaban J connectivity index is 1.13. The number of benzene rings is 7. The molecule has 3 aromatic heterocycles. The molecule has 13 rings (SSSR count). The third-order valence-electron chi connectivity index (χ3n) is 14.4. The number of pyridine rings is 2. The first-order chi connectivity index (χ1) is 31.5. The predicted molar refractivity (Wildman–Crippen MR) is 264 cm³/mol. The van der Waals surface area contributed by atoms with E-state index in [-0.39, 0.29) is 11.3 Å². The summed E-state index contributed by atoms with van der Waals surface area (Å²) in [7, 11) is 0. The van der Waals surface area contributed by atoms with Crippen molar-refractivity contribution in [2.24, 2.45) is 0 Å². The van der Waals surface area contributed by atoms with Crippen molar-refractivity contribution >= 4 is 11.3 Å². The molecule has 0 amide bonds. The van der Waals surface area contributed by atoms with Crippen LogP contribution in [0.4, 0.5) is 0 Å². The van der Waals surface area contributed by atoms with Crippen molar-refractivity contribution in [1.82, 2.24) is 9.97 Å². The van der Waals surface area contributed by atoms with E-state index in [9.17, 15) is 0 Å². The van der Waals surface area contributed by atoms with Gasteiger partial charge >= 0.3 is 0 Å². The average molecular weight is 835 g/mol. The minimum absolute atomic E-state index is 0.0772. The highest BCUT2D eigenvalue weighted by Gasteiger charge is 2.56. The van der Waals surface area contributed by atoms with Gasteiger partial charge in [0, 0.05) is 39.0 Å². The van der Waals surface area contributed by atoms with Crippen molar-refractivity contribution in [3.63, 3.8) is 0 Å². The number of rotatable bonds is 6. The Morgan fingerprint density at radius 1 is 0.406 bits per heavy atom. The molecule has 0 fully saturated rings. The van der Waals surface area contributed by atoms with Crippen molar-refractivity contribution in [2.45, 2.75) is 30.6 Å². The molecule has 1 unspecified atom stereocenters. The third kappa shape index (κ3) is 5.13. The summed E-state index contributed by atoms with van der Waals surface area (Å²) >= 11 is 1.91. The van der Waals surface area contributed by atoms with Crippen molar-refractivity contribution in [1.29, 1.82) is 0 Å². The maximum Gasteiger partial charge on any atom is 0.0937 e. The van der Waals surface area contributed by atoms with Crippen LogP contribution in [-0.2, 0) is 10.8 Å². The van der Waals surface area contributed by atoms with Gasteiger partial charge in [-0.15, -0.1) is 11.3 Å². The van der Waals surface area contributed by atoms with E-state index in [0.29, 0.717) is 0 Å². The summed E-state index contributed by atoms with van der Waals surface area (Å²) in [5, 5.41) is 0. The summed E-state index contributed by atoms with van der Waals surface area (Å²) in [6.45, 7) is 4.77. The summed E-state index contributed by atoms with van der Waals surface area (Å²) in [5.41, 5.74) is 22.9. The largest absolute Gasteiger partial charge is 0.254 e. The highest BCUT2D eigenvalue weighted by Crippen LogP contribution is 2.68. The normalized spacial score (nSPS) is 14.6. The summed E-state index contributed by atoms with van der Waals surface area (Å²) < 4.78 is 0. The Morgan fingerprint density at radius 2 is 0.906 bits per heavy atom. The van der Waals surface area contributed by atoms with Gasteiger partial charge < -0.3 is 0 Å². The van der Waals surface area contributed by atoms with Gasteiger partial charge in [-0.25, -0.2) is 0 Å². The van der Waals surface area contributed by atoms with Gasteiger partial charge in [0.05, 0.1) is 16.8 Å². The zero-order valence-electron chi connectivity index (χ0n) is 35.6. The number of hydrogen-bond donors (Lipinski definition) is 0. The molecule has 2 nitrogen and oxygen atoms in total. The van der Waals surface area contributed by atoms with Crippen molar-refractivity contribution in [3.8, 4) is 65.6 Å². The van der Waals surface area contributed by atoms with Gasteiger partial charge in [0.15, 0.2) is 0 Å². The monoisotopic (exact) mass is 834 g/mol. The summed E-state index contributed by atoms with van der Waals surface area (Å²) in [4.78, 5) is 12.8. The summed E-state index contributed by atoms with van der Waals surface area (Å²) in [6, 6.07) is 74.5. The molecule has 3 aliphatic rings. The zero-order chi connectivity index (χ0) is 42.6. The zero-order valence-corrected chi connectivity index (χ0v) is 36.4. The Kier molecular flexibility index (Phi) is 8.13. The highest BCUT2D eigenvalue weighted by molar-refractivity contribution is 7.19. The van der Waals surface area contributed by atoms with Crippen LogP contribution in [0.3, 0.4) is 0 Å². The first kappa shape index (κ1) is 37.1. The van der Waals surface area contributed by atoms with E-state index < -0.39 is 5.41 Å². The van der Waals surface area contributed by atoms with Crippen LogP contribution < -0.4 is 0 Å². The van der Waals surface area contributed by atoms with Crippen LogP contribution >= 0.6 is 11.3 Å². The SMILES string of the molecule is CC1(C)c2ccccc2-c2ccc(C(c3ccc4c(c3)C3(c5cccnc5-c5ncccc53)c3c(-c5ccccc5)sc(-c5ccccc5)c3-4)c3ccccc3-c3ccccc3)cc21. The van der Waals surface area contributed by atoms with Crippen LogP contribution in [0.15, 0.2) is 213 Å². The van der Waals surface area contributed by atoms with Crippen LogP contribution in [-0.4, -0.2) is 9.97 Å². The Bertz CT molecular complexity index is 3430. The fraction of sp³-hybridized carbons (Fsp3) is 0.0820. The summed E-state index contributed by atoms with van der Waals surface area (Å²) in [6.07, 6.45) is 3.85. The molecular formula is C61H42N2S. The van der Waals surface area contributed by atoms with Crippen molar-refractivity contribution in [3.05, 3.63) is 263 Å². The van der Waals surface area contributed by atoms with E-state index in [0.717, 1.165) is 11.4 Å². The molecule has 0 radical (unpaired) electrons. The van der Waals surface area contributed by atoms with Crippen LogP contribution in [0.1, 0.15) is 69.8 Å². The van der Waals surface area contributed by atoms with Gasteiger partial charge in [0.25, 0.3) is 0 Å². The lowest BCUT2D eigenvalue weighted by molar-refractivity contribution is 0.659. The molecule has 0 aliphatic heterocycles. The first-order valence-electron chi connectivity index (χ1n) is 22.3. The Morgan fingerprint density at radius 3 is 1.56 bits per heavy atom.